The van der Waals surface area contributed by atoms with E-state index in [1.807, 2.05) is 0 Å². The second-order valence-corrected chi connectivity index (χ2v) is 5.74. The van der Waals surface area contributed by atoms with Crippen molar-refractivity contribution in [2.75, 3.05) is 19.3 Å². The molecule has 9 heteroatoms. The molecule has 0 bridgehead atoms. The number of carbonyl (C=O) groups is 1. The van der Waals surface area contributed by atoms with Crippen LogP contribution in [0, 0.1) is 0 Å². The first-order valence-electron chi connectivity index (χ1n) is 5.34. The second kappa shape index (κ2) is 5.43. The molecule has 1 heterocycles. The third-order valence-corrected chi connectivity index (χ3v) is 3.14. The number of rotatable bonds is 2. The van der Waals surface area contributed by atoms with E-state index in [4.69, 9.17) is 4.18 Å². The topological polar surface area (TPSA) is 63.7 Å². The summed E-state index contributed by atoms with van der Waals surface area (Å²) in [7, 11) is -3.63. The fourth-order valence-electron chi connectivity index (χ4n) is 1.79. The van der Waals surface area contributed by atoms with Crippen molar-refractivity contribution in [2.45, 2.75) is 31.5 Å². The van der Waals surface area contributed by atoms with Gasteiger partial charge in [0.05, 0.1) is 12.4 Å². The van der Waals surface area contributed by atoms with E-state index in [0.29, 0.717) is 11.3 Å². The Bertz CT molecular complexity index is 407. The minimum Gasteiger partial charge on any atom is -0.335 e. The van der Waals surface area contributed by atoms with Gasteiger partial charge in [0.25, 0.3) is 10.1 Å². The molecule has 0 aromatic heterocycles. The molecule has 106 valence electrons. The van der Waals surface area contributed by atoms with Crippen molar-refractivity contribution in [2.24, 2.45) is 0 Å². The normalized spacial score (nSPS) is 22.7. The molecule has 5 nitrogen and oxygen atoms in total. The van der Waals surface area contributed by atoms with Crippen molar-refractivity contribution in [3.63, 3.8) is 0 Å². The zero-order chi connectivity index (χ0) is 14.0. The Kier molecular flexibility index (Phi) is 4.60. The van der Waals surface area contributed by atoms with Crippen molar-refractivity contribution in [3.8, 4) is 0 Å². The zero-order valence-corrected chi connectivity index (χ0v) is 10.6. The average molecular weight is 289 g/mol. The molecule has 1 fully saturated rings. The Morgan fingerprint density at radius 2 is 1.89 bits per heavy atom. The summed E-state index contributed by atoms with van der Waals surface area (Å²) in [5.41, 5.74) is 0. The lowest BCUT2D eigenvalue weighted by atomic mass is 10.2. The van der Waals surface area contributed by atoms with E-state index in [0.717, 1.165) is 6.26 Å². The molecule has 1 amide bonds. The molecule has 18 heavy (non-hydrogen) atoms. The quantitative estimate of drug-likeness (QED) is 0.709. The molecule has 1 rings (SSSR count). The van der Waals surface area contributed by atoms with Gasteiger partial charge in [-0.1, -0.05) is 0 Å². The number of carbonyl (C=O) groups excluding carboxylic acids is 1. The average Bonchev–Trinajstić information content (AvgIpc) is 2.38. The summed E-state index contributed by atoms with van der Waals surface area (Å²) in [5, 5.41) is 0. The van der Waals surface area contributed by atoms with Crippen molar-refractivity contribution in [3.05, 3.63) is 0 Å². The lowest BCUT2D eigenvalue weighted by Gasteiger charge is -2.21. The number of likely N-dealkylation sites (tertiary alicyclic amines) is 1. The standard InChI is InChI=1S/C9H14F3NO4S/c1-18(15,16)17-7-3-2-5-13(6-4-7)8(14)9(10,11)12/h7H,2-6H2,1H3. The summed E-state index contributed by atoms with van der Waals surface area (Å²) in [5.74, 6) is -1.89. The van der Waals surface area contributed by atoms with Crippen LogP contribution in [-0.4, -0.2) is 50.9 Å². The smallest absolute Gasteiger partial charge is 0.335 e. The predicted molar refractivity (Wildman–Crippen MR) is 56.2 cm³/mol. The molecule has 1 atom stereocenters. The maximum Gasteiger partial charge on any atom is 0.471 e. The maximum absolute atomic E-state index is 12.2. The molecule has 0 N–H and O–H groups in total. The predicted octanol–water partition coefficient (Wildman–Crippen LogP) is 0.906. The first kappa shape index (κ1) is 15.2. The molecule has 1 aliphatic heterocycles. The van der Waals surface area contributed by atoms with E-state index in [1.165, 1.54) is 0 Å². The Balaban J connectivity index is 2.59. The second-order valence-electron chi connectivity index (χ2n) is 4.14. The van der Waals surface area contributed by atoms with Crippen LogP contribution in [0.5, 0.6) is 0 Å². The van der Waals surface area contributed by atoms with Crippen LogP contribution < -0.4 is 0 Å². The SMILES string of the molecule is CS(=O)(=O)OC1CCCN(C(=O)C(F)(F)F)CC1. The monoisotopic (exact) mass is 289 g/mol. The van der Waals surface area contributed by atoms with Crippen molar-refractivity contribution in [1.82, 2.24) is 4.90 Å². The van der Waals surface area contributed by atoms with Crippen LogP contribution in [0.25, 0.3) is 0 Å². The van der Waals surface area contributed by atoms with Crippen LogP contribution in [0.4, 0.5) is 13.2 Å². The Hall–Kier alpha value is -0.830. The fraction of sp³-hybridized carbons (Fsp3) is 0.889. The Morgan fingerprint density at radius 1 is 1.28 bits per heavy atom. The van der Waals surface area contributed by atoms with Crippen LogP contribution in [0.15, 0.2) is 0 Å². The highest BCUT2D eigenvalue weighted by Crippen LogP contribution is 2.22. The van der Waals surface area contributed by atoms with Crippen molar-refractivity contribution in [1.29, 1.82) is 0 Å². The van der Waals surface area contributed by atoms with Crippen LogP contribution in [0.1, 0.15) is 19.3 Å². The van der Waals surface area contributed by atoms with Crippen LogP contribution in [-0.2, 0) is 19.1 Å². The lowest BCUT2D eigenvalue weighted by molar-refractivity contribution is -0.185. The summed E-state index contributed by atoms with van der Waals surface area (Å²) < 4.78 is 63.2. The van der Waals surface area contributed by atoms with E-state index in [2.05, 4.69) is 0 Å². The van der Waals surface area contributed by atoms with Gasteiger partial charge in [-0.2, -0.15) is 21.6 Å². The summed E-state index contributed by atoms with van der Waals surface area (Å²) in [6.07, 6.45) is -3.99. The van der Waals surface area contributed by atoms with E-state index in [1.54, 1.807) is 0 Å². The van der Waals surface area contributed by atoms with E-state index in [9.17, 15) is 26.4 Å². The Morgan fingerprint density at radius 3 is 2.39 bits per heavy atom. The highest BCUT2D eigenvalue weighted by Gasteiger charge is 2.42. The number of amides is 1. The van der Waals surface area contributed by atoms with E-state index < -0.39 is 28.3 Å². The molecule has 0 radical (unpaired) electrons. The zero-order valence-electron chi connectivity index (χ0n) is 9.74. The minimum atomic E-state index is -4.89. The van der Waals surface area contributed by atoms with Gasteiger partial charge >= 0.3 is 12.1 Å². The molecule has 1 saturated heterocycles. The molecule has 0 saturated carbocycles. The number of alkyl halides is 3. The summed E-state index contributed by atoms with van der Waals surface area (Å²) >= 11 is 0. The van der Waals surface area contributed by atoms with Gasteiger partial charge in [-0.05, 0) is 19.3 Å². The number of halogens is 3. The molecular weight excluding hydrogens is 275 g/mol. The van der Waals surface area contributed by atoms with Gasteiger partial charge in [0.1, 0.15) is 0 Å². The molecular formula is C9H14F3NO4S. The number of nitrogens with zero attached hydrogens (tertiary/aromatic N) is 1. The summed E-state index contributed by atoms with van der Waals surface area (Å²) in [4.78, 5) is 11.7. The van der Waals surface area contributed by atoms with Gasteiger partial charge in [0, 0.05) is 13.1 Å². The van der Waals surface area contributed by atoms with Gasteiger partial charge < -0.3 is 4.90 Å². The van der Waals surface area contributed by atoms with Gasteiger partial charge in [0.15, 0.2) is 0 Å². The van der Waals surface area contributed by atoms with Crippen LogP contribution >= 0.6 is 0 Å². The van der Waals surface area contributed by atoms with Crippen molar-refractivity contribution < 1.29 is 30.6 Å². The van der Waals surface area contributed by atoms with Gasteiger partial charge in [-0.3, -0.25) is 8.98 Å². The molecule has 0 aromatic carbocycles. The minimum absolute atomic E-state index is 0.0397. The van der Waals surface area contributed by atoms with Crippen LogP contribution in [0.2, 0.25) is 0 Å². The first-order valence-corrected chi connectivity index (χ1v) is 7.15. The summed E-state index contributed by atoms with van der Waals surface area (Å²) in [6, 6.07) is 0. The third-order valence-electron chi connectivity index (χ3n) is 2.52. The highest BCUT2D eigenvalue weighted by atomic mass is 32.2. The number of hydrogen-bond donors (Lipinski definition) is 0. The summed E-state index contributed by atoms with van der Waals surface area (Å²) in [6.45, 7) is -0.194. The molecule has 1 aliphatic rings. The van der Waals surface area contributed by atoms with Gasteiger partial charge in [-0.15, -0.1) is 0 Å². The van der Waals surface area contributed by atoms with Crippen molar-refractivity contribution >= 4 is 16.0 Å². The third kappa shape index (κ3) is 4.81. The lowest BCUT2D eigenvalue weighted by Crippen LogP contribution is -2.41. The van der Waals surface area contributed by atoms with Crippen LogP contribution in [0.3, 0.4) is 0 Å². The maximum atomic E-state index is 12.2. The molecule has 0 spiro atoms. The van der Waals surface area contributed by atoms with Gasteiger partial charge in [-0.25, -0.2) is 0 Å². The molecule has 1 unspecified atom stereocenters. The fourth-order valence-corrected chi connectivity index (χ4v) is 2.48. The Labute approximate surface area is 103 Å². The first-order chi connectivity index (χ1) is 8.09. The van der Waals surface area contributed by atoms with E-state index >= 15 is 0 Å². The molecule has 0 aliphatic carbocycles. The highest BCUT2D eigenvalue weighted by molar-refractivity contribution is 7.86. The molecule has 0 aromatic rings. The largest absolute Gasteiger partial charge is 0.471 e. The van der Waals surface area contributed by atoms with Gasteiger partial charge in [0.2, 0.25) is 0 Å². The van der Waals surface area contributed by atoms with E-state index in [-0.39, 0.29) is 25.9 Å². The number of hydrogen-bond acceptors (Lipinski definition) is 4.